The predicted octanol–water partition coefficient (Wildman–Crippen LogP) is 2.64. The largest absolute Gasteiger partial charge is 0.302 e. The Morgan fingerprint density at radius 1 is 1.40 bits per heavy atom. The van der Waals surface area contributed by atoms with Gasteiger partial charge in [0, 0.05) is 6.04 Å². The molecule has 0 spiro atoms. The van der Waals surface area contributed by atoms with Gasteiger partial charge in [-0.25, -0.2) is 0 Å². The molecule has 0 saturated carbocycles. The van der Waals surface area contributed by atoms with Gasteiger partial charge in [0.05, 0.1) is 0 Å². The SMILES string of the molecule is C=CCC1(C(C)CCC)C(=O)NC(=S)N(C(C)C)C1=O. The molecular formula is C15H24N2O2S. The minimum atomic E-state index is -1.08. The van der Waals surface area contributed by atoms with Crippen LogP contribution in [0.4, 0.5) is 0 Å². The Morgan fingerprint density at radius 3 is 2.45 bits per heavy atom. The molecule has 1 aliphatic rings. The number of hydrogen-bond donors (Lipinski definition) is 1. The highest BCUT2D eigenvalue weighted by Gasteiger charge is 2.55. The fourth-order valence-corrected chi connectivity index (χ4v) is 3.25. The van der Waals surface area contributed by atoms with Crippen molar-refractivity contribution in [2.24, 2.45) is 11.3 Å². The first-order chi connectivity index (χ1) is 9.32. The van der Waals surface area contributed by atoms with Crippen LogP contribution in [0.5, 0.6) is 0 Å². The Balaban J connectivity index is 3.31. The van der Waals surface area contributed by atoms with E-state index in [0.29, 0.717) is 6.42 Å². The molecule has 2 unspecified atom stereocenters. The summed E-state index contributed by atoms with van der Waals surface area (Å²) in [7, 11) is 0. The molecule has 1 heterocycles. The standard InChI is InChI=1S/C15H24N2O2S/c1-6-8-11(5)15(9-7-2)12(18)16-14(20)17(10(3)4)13(15)19/h7,10-11H,2,6,8-9H2,1,3-5H3,(H,16,18,20). The first kappa shape index (κ1) is 16.8. The highest BCUT2D eigenvalue weighted by atomic mass is 32.1. The van der Waals surface area contributed by atoms with Gasteiger partial charge < -0.3 is 5.32 Å². The van der Waals surface area contributed by atoms with Crippen molar-refractivity contribution in [3.8, 4) is 0 Å². The number of thiocarbonyl (C=S) groups is 1. The van der Waals surface area contributed by atoms with Crippen LogP contribution in [0.25, 0.3) is 0 Å². The van der Waals surface area contributed by atoms with E-state index in [4.69, 9.17) is 12.2 Å². The summed E-state index contributed by atoms with van der Waals surface area (Å²) in [5, 5.41) is 2.91. The highest BCUT2D eigenvalue weighted by Crippen LogP contribution is 2.40. The molecule has 0 aromatic rings. The summed E-state index contributed by atoms with van der Waals surface area (Å²) >= 11 is 5.14. The number of allylic oxidation sites excluding steroid dienone is 1. The maximum atomic E-state index is 12.9. The number of carbonyl (C=O) groups excluding carboxylic acids is 2. The lowest BCUT2D eigenvalue weighted by atomic mass is 9.69. The van der Waals surface area contributed by atoms with E-state index in [0.717, 1.165) is 12.8 Å². The third kappa shape index (κ3) is 2.64. The summed E-state index contributed by atoms with van der Waals surface area (Å²) in [6.07, 6.45) is 3.72. The third-order valence-corrected chi connectivity index (χ3v) is 4.29. The van der Waals surface area contributed by atoms with Gasteiger partial charge in [-0.1, -0.05) is 26.3 Å². The van der Waals surface area contributed by atoms with Crippen LogP contribution in [-0.2, 0) is 9.59 Å². The molecule has 0 bridgehead atoms. The molecule has 0 radical (unpaired) electrons. The van der Waals surface area contributed by atoms with Gasteiger partial charge in [0.2, 0.25) is 11.8 Å². The van der Waals surface area contributed by atoms with Crippen LogP contribution in [0.3, 0.4) is 0 Å². The molecular weight excluding hydrogens is 272 g/mol. The van der Waals surface area contributed by atoms with Gasteiger partial charge >= 0.3 is 0 Å². The zero-order chi connectivity index (χ0) is 15.5. The Morgan fingerprint density at radius 2 is 2.00 bits per heavy atom. The number of nitrogens with zero attached hydrogens (tertiary/aromatic N) is 1. The number of carbonyl (C=O) groups is 2. The molecule has 0 aromatic heterocycles. The van der Waals surface area contributed by atoms with Crippen molar-refractivity contribution in [1.29, 1.82) is 0 Å². The van der Waals surface area contributed by atoms with Crippen LogP contribution in [0, 0.1) is 11.3 Å². The van der Waals surface area contributed by atoms with Crippen LogP contribution < -0.4 is 5.32 Å². The van der Waals surface area contributed by atoms with Crippen molar-refractivity contribution >= 4 is 29.1 Å². The van der Waals surface area contributed by atoms with Gasteiger partial charge in [-0.3, -0.25) is 14.5 Å². The average Bonchev–Trinajstić information content (AvgIpc) is 2.33. The van der Waals surface area contributed by atoms with Crippen LogP contribution in [-0.4, -0.2) is 27.9 Å². The Labute approximate surface area is 126 Å². The summed E-state index contributed by atoms with van der Waals surface area (Å²) < 4.78 is 0. The van der Waals surface area contributed by atoms with Crippen LogP contribution >= 0.6 is 12.2 Å². The van der Waals surface area contributed by atoms with E-state index in [1.807, 2.05) is 27.7 Å². The predicted molar refractivity (Wildman–Crippen MR) is 84.0 cm³/mol. The monoisotopic (exact) mass is 296 g/mol. The van der Waals surface area contributed by atoms with Gasteiger partial charge in [-0.2, -0.15) is 0 Å². The second-order valence-corrected chi connectivity index (χ2v) is 6.07. The van der Waals surface area contributed by atoms with Gasteiger partial charge in [-0.05, 0) is 44.8 Å². The summed E-state index contributed by atoms with van der Waals surface area (Å²) in [5.41, 5.74) is -1.08. The average molecular weight is 296 g/mol. The van der Waals surface area contributed by atoms with Crippen molar-refractivity contribution in [1.82, 2.24) is 10.2 Å². The first-order valence-electron chi connectivity index (χ1n) is 7.12. The summed E-state index contributed by atoms with van der Waals surface area (Å²) in [5.74, 6) is -0.533. The molecule has 1 aliphatic heterocycles. The second-order valence-electron chi connectivity index (χ2n) is 5.68. The van der Waals surface area contributed by atoms with Crippen molar-refractivity contribution in [2.45, 2.75) is 53.0 Å². The van der Waals surface area contributed by atoms with Crippen LogP contribution in [0.1, 0.15) is 47.0 Å². The number of rotatable bonds is 6. The van der Waals surface area contributed by atoms with Crippen LogP contribution in [0.15, 0.2) is 12.7 Å². The van der Waals surface area contributed by atoms with Gasteiger partial charge in [-0.15, -0.1) is 6.58 Å². The van der Waals surface area contributed by atoms with Crippen molar-refractivity contribution < 1.29 is 9.59 Å². The maximum absolute atomic E-state index is 12.9. The summed E-state index contributed by atoms with van der Waals surface area (Å²) in [4.78, 5) is 27.0. The molecule has 1 rings (SSSR count). The number of hydrogen-bond acceptors (Lipinski definition) is 3. The quantitative estimate of drug-likeness (QED) is 0.466. The molecule has 112 valence electrons. The maximum Gasteiger partial charge on any atom is 0.245 e. The molecule has 1 saturated heterocycles. The number of nitrogens with one attached hydrogen (secondary N) is 1. The molecule has 0 aliphatic carbocycles. The molecule has 0 aromatic carbocycles. The van der Waals surface area contributed by atoms with E-state index in [1.54, 1.807) is 6.08 Å². The summed E-state index contributed by atoms with van der Waals surface area (Å²) in [6.45, 7) is 11.5. The van der Waals surface area contributed by atoms with Gasteiger partial charge in [0.15, 0.2) is 5.11 Å². The van der Waals surface area contributed by atoms with E-state index >= 15 is 0 Å². The van der Waals surface area contributed by atoms with Crippen molar-refractivity contribution in [2.75, 3.05) is 0 Å². The third-order valence-electron chi connectivity index (χ3n) is 3.99. The fourth-order valence-electron chi connectivity index (χ4n) is 2.87. The Hall–Kier alpha value is -1.23. The lowest BCUT2D eigenvalue weighted by Gasteiger charge is -2.45. The van der Waals surface area contributed by atoms with Gasteiger partial charge in [0.1, 0.15) is 5.41 Å². The Bertz CT molecular complexity index is 434. The fraction of sp³-hybridized carbons (Fsp3) is 0.667. The Kier molecular flexibility index (Phi) is 5.45. The van der Waals surface area contributed by atoms with Crippen LogP contribution in [0.2, 0.25) is 0 Å². The summed E-state index contributed by atoms with van der Waals surface area (Å²) in [6, 6.07) is -0.0754. The molecule has 20 heavy (non-hydrogen) atoms. The molecule has 4 nitrogen and oxygen atoms in total. The molecule has 1 fully saturated rings. The van der Waals surface area contributed by atoms with E-state index in [-0.39, 0.29) is 28.9 Å². The normalized spacial score (nSPS) is 24.9. The van der Waals surface area contributed by atoms with Gasteiger partial charge in [0.25, 0.3) is 0 Å². The number of amides is 2. The van der Waals surface area contributed by atoms with Crippen molar-refractivity contribution in [3.05, 3.63) is 12.7 Å². The molecule has 2 amide bonds. The van der Waals surface area contributed by atoms with Crippen molar-refractivity contribution in [3.63, 3.8) is 0 Å². The minimum absolute atomic E-state index is 0.0534. The lowest BCUT2D eigenvalue weighted by molar-refractivity contribution is -0.154. The van der Waals surface area contributed by atoms with E-state index in [1.165, 1.54) is 4.90 Å². The zero-order valence-corrected chi connectivity index (χ0v) is 13.5. The molecule has 5 heteroatoms. The highest BCUT2D eigenvalue weighted by molar-refractivity contribution is 7.80. The zero-order valence-electron chi connectivity index (χ0n) is 12.7. The molecule has 2 atom stereocenters. The first-order valence-corrected chi connectivity index (χ1v) is 7.53. The van der Waals surface area contributed by atoms with E-state index in [9.17, 15) is 9.59 Å². The smallest absolute Gasteiger partial charge is 0.245 e. The van der Waals surface area contributed by atoms with E-state index < -0.39 is 5.41 Å². The lowest BCUT2D eigenvalue weighted by Crippen LogP contribution is -2.67. The van der Waals surface area contributed by atoms with E-state index in [2.05, 4.69) is 11.9 Å². The topological polar surface area (TPSA) is 49.4 Å². The second kappa shape index (κ2) is 6.48. The molecule has 1 N–H and O–H groups in total. The minimum Gasteiger partial charge on any atom is -0.302 e.